The first-order valence-corrected chi connectivity index (χ1v) is 9.49. The Morgan fingerprint density at radius 3 is 2.65 bits per heavy atom. The standard InChI is InChI=1S/C21H30O2/c1-4-16-19(23)12-18-15-6-5-13-11-14(22)7-9-20(13,2)17(15)8-10-21(16,18)3/h4,11,15,17-19,23H,5-10,12H2,1-3H3/t15?,17?,18?,19?,20-,21+/m0/s1. The summed E-state index contributed by atoms with van der Waals surface area (Å²) in [4.78, 5) is 11.9. The second-order valence-corrected chi connectivity index (χ2v) is 8.92. The van der Waals surface area contributed by atoms with Gasteiger partial charge in [-0.25, -0.2) is 0 Å². The normalized spacial score (nSPS) is 51.0. The molecule has 0 aromatic heterocycles. The van der Waals surface area contributed by atoms with Crippen molar-refractivity contribution in [1.29, 1.82) is 0 Å². The third kappa shape index (κ3) is 2.00. The molecule has 2 heteroatoms. The molecule has 126 valence electrons. The van der Waals surface area contributed by atoms with Crippen LogP contribution in [0.3, 0.4) is 0 Å². The van der Waals surface area contributed by atoms with E-state index >= 15 is 0 Å². The highest BCUT2D eigenvalue weighted by Crippen LogP contribution is 2.66. The lowest BCUT2D eigenvalue weighted by Crippen LogP contribution is -2.49. The fourth-order valence-corrected chi connectivity index (χ4v) is 6.94. The first-order chi connectivity index (χ1) is 10.9. The highest BCUT2D eigenvalue weighted by molar-refractivity contribution is 5.91. The van der Waals surface area contributed by atoms with E-state index in [9.17, 15) is 9.90 Å². The predicted molar refractivity (Wildman–Crippen MR) is 91.9 cm³/mol. The summed E-state index contributed by atoms with van der Waals surface area (Å²) in [5.41, 5.74) is 3.17. The Balaban J connectivity index is 1.71. The van der Waals surface area contributed by atoms with Crippen LogP contribution >= 0.6 is 0 Å². The molecule has 0 spiro atoms. The molecule has 6 atom stereocenters. The number of fused-ring (bicyclic) bond motifs is 5. The predicted octanol–water partition coefficient (Wildman–Crippen LogP) is 4.44. The van der Waals surface area contributed by atoms with E-state index < -0.39 is 0 Å². The number of hydrogen-bond acceptors (Lipinski definition) is 2. The molecule has 3 saturated carbocycles. The molecule has 4 unspecified atom stereocenters. The molecule has 4 aliphatic carbocycles. The molecule has 0 radical (unpaired) electrons. The van der Waals surface area contributed by atoms with Crippen LogP contribution in [0.15, 0.2) is 23.3 Å². The summed E-state index contributed by atoms with van der Waals surface area (Å²) in [5.74, 6) is 2.39. The average molecular weight is 314 g/mol. The van der Waals surface area contributed by atoms with Crippen molar-refractivity contribution >= 4 is 5.78 Å². The van der Waals surface area contributed by atoms with Crippen molar-refractivity contribution in [1.82, 2.24) is 0 Å². The van der Waals surface area contributed by atoms with Gasteiger partial charge in [0, 0.05) is 6.42 Å². The molecule has 0 heterocycles. The van der Waals surface area contributed by atoms with Crippen molar-refractivity contribution in [2.75, 3.05) is 0 Å². The molecule has 1 N–H and O–H groups in total. The van der Waals surface area contributed by atoms with Gasteiger partial charge in [0.15, 0.2) is 5.78 Å². The molecule has 4 aliphatic rings. The summed E-state index contributed by atoms with van der Waals surface area (Å²) in [5, 5.41) is 10.6. The lowest BCUT2D eigenvalue weighted by atomic mass is 9.47. The Bertz CT molecular complexity index is 601. The van der Waals surface area contributed by atoms with Gasteiger partial charge in [-0.05, 0) is 85.7 Å². The molecule has 0 aromatic rings. The molecule has 0 aliphatic heterocycles. The fraction of sp³-hybridized carbons (Fsp3) is 0.762. The zero-order chi connectivity index (χ0) is 16.4. The number of rotatable bonds is 0. The van der Waals surface area contributed by atoms with E-state index in [0.717, 1.165) is 31.6 Å². The van der Waals surface area contributed by atoms with Gasteiger partial charge < -0.3 is 5.11 Å². The van der Waals surface area contributed by atoms with Crippen LogP contribution in [0.5, 0.6) is 0 Å². The highest BCUT2D eigenvalue weighted by Gasteiger charge is 2.59. The molecule has 0 saturated heterocycles. The molecule has 0 bridgehead atoms. The monoisotopic (exact) mass is 314 g/mol. The number of aliphatic hydroxyl groups excluding tert-OH is 1. The summed E-state index contributed by atoms with van der Waals surface area (Å²) < 4.78 is 0. The van der Waals surface area contributed by atoms with Crippen molar-refractivity contribution in [3.8, 4) is 0 Å². The number of allylic oxidation sites excluding steroid dienone is 2. The van der Waals surface area contributed by atoms with Crippen LogP contribution in [-0.2, 0) is 4.79 Å². The maximum atomic E-state index is 11.9. The van der Waals surface area contributed by atoms with Gasteiger partial charge in [0.05, 0.1) is 6.10 Å². The Morgan fingerprint density at radius 1 is 1.13 bits per heavy atom. The van der Waals surface area contributed by atoms with Gasteiger partial charge in [-0.15, -0.1) is 0 Å². The maximum Gasteiger partial charge on any atom is 0.155 e. The topological polar surface area (TPSA) is 37.3 Å². The van der Waals surface area contributed by atoms with Crippen LogP contribution < -0.4 is 0 Å². The zero-order valence-corrected chi connectivity index (χ0v) is 14.8. The SMILES string of the molecule is CC=C1C(O)CC2C3CCC4=CC(=O)CC[C@]4(C)C3CC[C@]12C. The lowest BCUT2D eigenvalue weighted by Gasteiger charge is -2.57. The fourth-order valence-electron chi connectivity index (χ4n) is 6.94. The van der Waals surface area contributed by atoms with E-state index in [1.165, 1.54) is 30.4 Å². The molecule has 0 aromatic carbocycles. The first-order valence-electron chi connectivity index (χ1n) is 9.49. The molecular formula is C21H30O2. The van der Waals surface area contributed by atoms with E-state index in [-0.39, 0.29) is 16.9 Å². The minimum Gasteiger partial charge on any atom is -0.389 e. The van der Waals surface area contributed by atoms with Crippen molar-refractivity contribution in [3.63, 3.8) is 0 Å². The zero-order valence-electron chi connectivity index (χ0n) is 14.8. The minimum atomic E-state index is -0.230. The van der Waals surface area contributed by atoms with Crippen molar-refractivity contribution in [2.45, 2.75) is 71.8 Å². The summed E-state index contributed by atoms with van der Waals surface area (Å²) >= 11 is 0. The summed E-state index contributed by atoms with van der Waals surface area (Å²) in [6.45, 7) is 6.91. The van der Waals surface area contributed by atoms with Crippen LogP contribution in [0, 0.1) is 28.6 Å². The Hall–Kier alpha value is -0.890. The maximum absolute atomic E-state index is 11.9. The Kier molecular flexibility index (Phi) is 3.43. The summed E-state index contributed by atoms with van der Waals surface area (Å²) in [6, 6.07) is 0. The van der Waals surface area contributed by atoms with Crippen molar-refractivity contribution in [3.05, 3.63) is 23.3 Å². The van der Waals surface area contributed by atoms with Gasteiger partial charge in [-0.3, -0.25) is 4.79 Å². The third-order valence-corrected chi connectivity index (χ3v) is 8.16. The van der Waals surface area contributed by atoms with Gasteiger partial charge in [0.1, 0.15) is 0 Å². The van der Waals surface area contributed by atoms with Gasteiger partial charge in [0.2, 0.25) is 0 Å². The van der Waals surface area contributed by atoms with E-state index in [2.05, 4.69) is 26.8 Å². The molecule has 0 amide bonds. The summed E-state index contributed by atoms with van der Waals surface area (Å²) in [7, 11) is 0. The quantitative estimate of drug-likeness (QED) is 0.671. The molecule has 23 heavy (non-hydrogen) atoms. The number of carbonyl (C=O) groups excluding carboxylic acids is 1. The highest BCUT2D eigenvalue weighted by atomic mass is 16.3. The van der Waals surface area contributed by atoms with E-state index in [0.29, 0.717) is 17.6 Å². The number of ketones is 1. The Morgan fingerprint density at radius 2 is 1.91 bits per heavy atom. The minimum absolute atomic E-state index is 0.206. The van der Waals surface area contributed by atoms with Crippen LogP contribution in [-0.4, -0.2) is 17.0 Å². The molecule has 3 fully saturated rings. The number of aliphatic hydroxyl groups is 1. The molecular weight excluding hydrogens is 284 g/mol. The summed E-state index contributed by atoms with van der Waals surface area (Å²) in [6.07, 6.45) is 11.4. The van der Waals surface area contributed by atoms with E-state index in [1.807, 2.05) is 6.08 Å². The molecule has 2 nitrogen and oxygen atoms in total. The van der Waals surface area contributed by atoms with Gasteiger partial charge >= 0.3 is 0 Å². The van der Waals surface area contributed by atoms with Crippen LogP contribution in [0.2, 0.25) is 0 Å². The lowest BCUT2D eigenvalue weighted by molar-refractivity contribution is -0.117. The number of hydrogen-bond donors (Lipinski definition) is 1. The van der Waals surface area contributed by atoms with Crippen LogP contribution in [0.1, 0.15) is 65.7 Å². The van der Waals surface area contributed by atoms with Gasteiger partial charge in [0.25, 0.3) is 0 Å². The molecule has 4 rings (SSSR count). The first kappa shape index (κ1) is 15.6. The smallest absolute Gasteiger partial charge is 0.155 e. The van der Waals surface area contributed by atoms with Crippen LogP contribution in [0.4, 0.5) is 0 Å². The van der Waals surface area contributed by atoms with E-state index in [1.54, 1.807) is 0 Å². The number of carbonyl (C=O) groups is 1. The third-order valence-electron chi connectivity index (χ3n) is 8.16. The van der Waals surface area contributed by atoms with Gasteiger partial charge in [-0.2, -0.15) is 0 Å². The van der Waals surface area contributed by atoms with Gasteiger partial charge in [-0.1, -0.05) is 25.5 Å². The average Bonchev–Trinajstić information content (AvgIpc) is 2.77. The Labute approximate surface area is 140 Å². The second kappa shape index (κ2) is 5.05. The van der Waals surface area contributed by atoms with E-state index in [4.69, 9.17) is 0 Å². The largest absolute Gasteiger partial charge is 0.389 e. The second-order valence-electron chi connectivity index (χ2n) is 8.92. The van der Waals surface area contributed by atoms with Crippen molar-refractivity contribution < 1.29 is 9.90 Å². The van der Waals surface area contributed by atoms with Crippen molar-refractivity contribution in [2.24, 2.45) is 28.6 Å². The van der Waals surface area contributed by atoms with Crippen LogP contribution in [0.25, 0.3) is 0 Å².